The molecule has 1 aromatic carbocycles. The van der Waals surface area contributed by atoms with Crippen molar-refractivity contribution in [1.29, 1.82) is 0 Å². The Labute approximate surface area is 120 Å². The van der Waals surface area contributed by atoms with E-state index in [1.54, 1.807) is 0 Å². The van der Waals surface area contributed by atoms with E-state index < -0.39 is 0 Å². The van der Waals surface area contributed by atoms with Gasteiger partial charge < -0.3 is 0 Å². The number of benzene rings is 1. The van der Waals surface area contributed by atoms with Crippen LogP contribution in [0.3, 0.4) is 0 Å². The SMILES string of the molecule is c1ccc(CN2CC[C@H](CCCc3cn[nH]n3)C2)cc1. The highest BCUT2D eigenvalue weighted by Crippen LogP contribution is 2.23. The Bertz CT molecular complexity index is 494. The lowest BCUT2D eigenvalue weighted by Crippen LogP contribution is -2.20. The molecule has 0 aliphatic carbocycles. The van der Waals surface area contributed by atoms with Gasteiger partial charge >= 0.3 is 0 Å². The van der Waals surface area contributed by atoms with E-state index in [1.165, 1.54) is 37.9 Å². The number of nitrogens with one attached hydrogen (secondary N) is 1. The van der Waals surface area contributed by atoms with Crippen molar-refractivity contribution < 1.29 is 0 Å². The maximum atomic E-state index is 4.10. The predicted octanol–water partition coefficient (Wildman–Crippen LogP) is 2.65. The van der Waals surface area contributed by atoms with Crippen LogP contribution in [0.4, 0.5) is 0 Å². The first-order valence-corrected chi connectivity index (χ1v) is 7.51. The van der Waals surface area contributed by atoms with E-state index >= 15 is 0 Å². The summed E-state index contributed by atoms with van der Waals surface area (Å²) in [7, 11) is 0. The van der Waals surface area contributed by atoms with Crippen LogP contribution in [0.1, 0.15) is 30.5 Å². The molecule has 1 fully saturated rings. The van der Waals surface area contributed by atoms with Gasteiger partial charge in [-0.15, -0.1) is 0 Å². The van der Waals surface area contributed by atoms with E-state index in [1.807, 2.05) is 6.20 Å². The van der Waals surface area contributed by atoms with Crippen LogP contribution < -0.4 is 0 Å². The molecule has 1 aliphatic heterocycles. The van der Waals surface area contributed by atoms with E-state index in [0.717, 1.165) is 24.6 Å². The molecule has 0 unspecified atom stereocenters. The summed E-state index contributed by atoms with van der Waals surface area (Å²) in [5, 5.41) is 10.6. The highest BCUT2D eigenvalue weighted by Gasteiger charge is 2.21. The Balaban J connectivity index is 1.38. The van der Waals surface area contributed by atoms with Gasteiger partial charge in [0.05, 0.1) is 11.9 Å². The summed E-state index contributed by atoms with van der Waals surface area (Å²) in [5.74, 6) is 0.852. The molecule has 106 valence electrons. The molecular weight excluding hydrogens is 248 g/mol. The van der Waals surface area contributed by atoms with Gasteiger partial charge in [0.25, 0.3) is 0 Å². The lowest BCUT2D eigenvalue weighted by atomic mass is 10.0. The van der Waals surface area contributed by atoms with Crippen LogP contribution in [0.2, 0.25) is 0 Å². The minimum absolute atomic E-state index is 0.852. The molecule has 0 amide bonds. The number of likely N-dealkylation sites (tertiary alicyclic amines) is 1. The summed E-state index contributed by atoms with van der Waals surface area (Å²) in [6, 6.07) is 10.8. The Morgan fingerprint density at radius 2 is 2.15 bits per heavy atom. The standard InChI is InChI=1S/C16H22N4/c1-2-5-14(6-3-1)12-20-10-9-15(13-20)7-4-8-16-11-17-19-18-16/h1-3,5-6,11,15H,4,7-10,12-13H2,(H,17,18,19)/t15-/m0/s1. The van der Waals surface area contributed by atoms with Gasteiger partial charge in [0.1, 0.15) is 0 Å². The van der Waals surface area contributed by atoms with Crippen molar-refractivity contribution in [2.24, 2.45) is 5.92 Å². The number of rotatable bonds is 6. The molecular formula is C16H22N4. The van der Waals surface area contributed by atoms with Crippen LogP contribution in [0.25, 0.3) is 0 Å². The molecule has 1 saturated heterocycles. The Morgan fingerprint density at radius 3 is 2.95 bits per heavy atom. The van der Waals surface area contributed by atoms with E-state index in [4.69, 9.17) is 0 Å². The van der Waals surface area contributed by atoms with Gasteiger partial charge in [0, 0.05) is 13.1 Å². The average Bonchev–Trinajstić information content (AvgIpc) is 3.12. The Kier molecular flexibility index (Phi) is 4.43. The Hall–Kier alpha value is -1.68. The van der Waals surface area contributed by atoms with Crippen molar-refractivity contribution in [3.8, 4) is 0 Å². The molecule has 3 rings (SSSR count). The molecule has 1 aromatic heterocycles. The molecule has 0 spiro atoms. The number of aromatic nitrogens is 3. The molecule has 20 heavy (non-hydrogen) atoms. The maximum absolute atomic E-state index is 4.10. The molecule has 0 saturated carbocycles. The zero-order valence-electron chi connectivity index (χ0n) is 11.8. The summed E-state index contributed by atoms with van der Waals surface area (Å²) >= 11 is 0. The molecule has 2 heterocycles. The molecule has 4 nitrogen and oxygen atoms in total. The molecule has 1 atom stereocenters. The topological polar surface area (TPSA) is 44.8 Å². The largest absolute Gasteiger partial charge is 0.299 e. The lowest BCUT2D eigenvalue weighted by molar-refractivity contribution is 0.312. The molecule has 4 heteroatoms. The highest BCUT2D eigenvalue weighted by molar-refractivity contribution is 5.14. The van der Waals surface area contributed by atoms with Gasteiger partial charge in [-0.3, -0.25) is 4.90 Å². The second-order valence-electron chi connectivity index (χ2n) is 5.73. The summed E-state index contributed by atoms with van der Waals surface area (Å²) in [6.07, 6.45) is 6.74. The smallest absolute Gasteiger partial charge is 0.0824 e. The fraction of sp³-hybridized carbons (Fsp3) is 0.500. The van der Waals surface area contributed by atoms with Crippen LogP contribution in [0.5, 0.6) is 0 Å². The minimum atomic E-state index is 0.852. The third-order valence-corrected chi connectivity index (χ3v) is 4.13. The van der Waals surface area contributed by atoms with Gasteiger partial charge in [-0.05, 0) is 43.7 Å². The van der Waals surface area contributed by atoms with Crippen LogP contribution in [0.15, 0.2) is 36.5 Å². The quantitative estimate of drug-likeness (QED) is 0.877. The van der Waals surface area contributed by atoms with Gasteiger partial charge in [-0.1, -0.05) is 30.3 Å². The number of nitrogens with zero attached hydrogens (tertiary/aromatic N) is 3. The third kappa shape index (κ3) is 3.67. The fourth-order valence-corrected chi connectivity index (χ4v) is 3.05. The molecule has 0 bridgehead atoms. The van der Waals surface area contributed by atoms with Crippen LogP contribution in [0, 0.1) is 5.92 Å². The van der Waals surface area contributed by atoms with Gasteiger partial charge in [-0.2, -0.15) is 15.4 Å². The fourth-order valence-electron chi connectivity index (χ4n) is 3.05. The Morgan fingerprint density at radius 1 is 1.25 bits per heavy atom. The number of aryl methyl sites for hydroxylation is 1. The number of H-pyrrole nitrogens is 1. The summed E-state index contributed by atoms with van der Waals surface area (Å²) in [6.45, 7) is 3.58. The second kappa shape index (κ2) is 6.66. The van der Waals surface area contributed by atoms with E-state index in [0.29, 0.717) is 0 Å². The first kappa shape index (κ1) is 13.3. The summed E-state index contributed by atoms with van der Waals surface area (Å²) in [5.41, 5.74) is 2.51. The van der Waals surface area contributed by atoms with Crippen molar-refractivity contribution in [3.63, 3.8) is 0 Å². The molecule has 2 aromatic rings. The van der Waals surface area contributed by atoms with Crippen LogP contribution >= 0.6 is 0 Å². The number of hydrogen-bond acceptors (Lipinski definition) is 3. The minimum Gasteiger partial charge on any atom is -0.299 e. The number of hydrogen-bond donors (Lipinski definition) is 1. The van der Waals surface area contributed by atoms with Crippen LogP contribution in [-0.2, 0) is 13.0 Å². The highest BCUT2D eigenvalue weighted by atomic mass is 15.3. The molecule has 1 aliphatic rings. The van der Waals surface area contributed by atoms with E-state index in [-0.39, 0.29) is 0 Å². The monoisotopic (exact) mass is 270 g/mol. The van der Waals surface area contributed by atoms with Crippen molar-refractivity contribution in [2.75, 3.05) is 13.1 Å². The maximum Gasteiger partial charge on any atom is 0.0824 e. The summed E-state index contributed by atoms with van der Waals surface area (Å²) < 4.78 is 0. The first-order valence-electron chi connectivity index (χ1n) is 7.51. The van der Waals surface area contributed by atoms with Gasteiger partial charge in [0.2, 0.25) is 0 Å². The van der Waals surface area contributed by atoms with E-state index in [2.05, 4.69) is 50.6 Å². The van der Waals surface area contributed by atoms with Gasteiger partial charge in [-0.25, -0.2) is 0 Å². The van der Waals surface area contributed by atoms with Crippen molar-refractivity contribution in [1.82, 2.24) is 20.3 Å². The third-order valence-electron chi connectivity index (χ3n) is 4.13. The molecule has 1 N–H and O–H groups in total. The van der Waals surface area contributed by atoms with Crippen LogP contribution in [-0.4, -0.2) is 33.4 Å². The number of aromatic amines is 1. The van der Waals surface area contributed by atoms with Crippen molar-refractivity contribution >= 4 is 0 Å². The second-order valence-corrected chi connectivity index (χ2v) is 5.73. The average molecular weight is 270 g/mol. The van der Waals surface area contributed by atoms with Crippen molar-refractivity contribution in [2.45, 2.75) is 32.2 Å². The normalized spacial score (nSPS) is 19.5. The molecule has 0 radical (unpaired) electrons. The van der Waals surface area contributed by atoms with Gasteiger partial charge in [0.15, 0.2) is 0 Å². The lowest BCUT2D eigenvalue weighted by Gasteiger charge is -2.16. The first-order chi connectivity index (χ1) is 9.90. The summed E-state index contributed by atoms with van der Waals surface area (Å²) in [4.78, 5) is 2.58. The predicted molar refractivity (Wildman–Crippen MR) is 79.1 cm³/mol. The van der Waals surface area contributed by atoms with Crippen molar-refractivity contribution in [3.05, 3.63) is 47.8 Å². The zero-order chi connectivity index (χ0) is 13.6. The van der Waals surface area contributed by atoms with E-state index in [9.17, 15) is 0 Å². The zero-order valence-corrected chi connectivity index (χ0v) is 11.8.